The van der Waals surface area contributed by atoms with Crippen LogP contribution in [0.15, 0.2) is 48.8 Å². The Kier molecular flexibility index (Phi) is 6.39. The molecule has 0 fully saturated rings. The van der Waals surface area contributed by atoms with Gasteiger partial charge in [-0.2, -0.15) is 0 Å². The molecule has 3 aromatic rings. The van der Waals surface area contributed by atoms with Crippen LogP contribution >= 0.6 is 11.3 Å². The molecule has 1 aromatic carbocycles. The number of nitrogens with one attached hydrogen (secondary N) is 2. The molecule has 29 heavy (non-hydrogen) atoms. The Labute approximate surface area is 174 Å². The van der Waals surface area contributed by atoms with E-state index in [9.17, 15) is 9.59 Å². The number of carbonyl (C=O) groups excluding carboxylic acids is 2. The summed E-state index contributed by atoms with van der Waals surface area (Å²) < 4.78 is 7.13. The maximum Gasteiger partial charge on any atom is 0.340 e. The van der Waals surface area contributed by atoms with E-state index in [0.717, 1.165) is 10.6 Å². The highest BCUT2D eigenvalue weighted by Crippen LogP contribution is 2.35. The fourth-order valence-corrected chi connectivity index (χ4v) is 4.42. The van der Waals surface area contributed by atoms with Crippen molar-refractivity contribution in [3.63, 3.8) is 0 Å². The topological polar surface area (TPSA) is 72.4 Å². The molecule has 2 N–H and O–H groups in total. The van der Waals surface area contributed by atoms with E-state index in [1.54, 1.807) is 42.5 Å². The third-order valence-corrected chi connectivity index (χ3v) is 5.94. The maximum atomic E-state index is 12.7. The highest BCUT2D eigenvalue weighted by atomic mass is 32.1. The van der Waals surface area contributed by atoms with E-state index in [1.807, 2.05) is 31.5 Å². The third kappa shape index (κ3) is 4.51. The summed E-state index contributed by atoms with van der Waals surface area (Å²) in [7, 11) is 0. The number of nitrogens with zero attached hydrogens (tertiary/aromatic N) is 1. The molecule has 0 spiro atoms. The number of urea groups is 1. The highest BCUT2D eigenvalue weighted by molar-refractivity contribution is 7.14. The van der Waals surface area contributed by atoms with Gasteiger partial charge < -0.3 is 19.9 Å². The molecule has 1 atom stereocenters. The molecule has 0 aliphatic carbocycles. The summed E-state index contributed by atoms with van der Waals surface area (Å²) in [5.74, 6) is -0.462. The second kappa shape index (κ2) is 8.96. The van der Waals surface area contributed by atoms with E-state index in [-0.39, 0.29) is 18.7 Å². The monoisotopic (exact) mass is 411 g/mol. The smallest absolute Gasteiger partial charge is 0.340 e. The van der Waals surface area contributed by atoms with Gasteiger partial charge in [0.1, 0.15) is 5.00 Å². The third-order valence-electron chi connectivity index (χ3n) is 4.70. The number of aryl methyl sites for hydroxylation is 1. The molecule has 0 aliphatic heterocycles. The van der Waals surface area contributed by atoms with Crippen LogP contribution < -0.4 is 10.6 Å². The van der Waals surface area contributed by atoms with Crippen LogP contribution in [0, 0.1) is 13.8 Å². The lowest BCUT2D eigenvalue weighted by molar-refractivity contribution is 0.0527. The first-order valence-electron chi connectivity index (χ1n) is 9.49. The van der Waals surface area contributed by atoms with Crippen LogP contribution in [0.4, 0.5) is 10.5 Å². The van der Waals surface area contributed by atoms with Gasteiger partial charge in [0.2, 0.25) is 0 Å². The summed E-state index contributed by atoms with van der Waals surface area (Å²) >= 11 is 1.70. The first kappa shape index (κ1) is 20.7. The van der Waals surface area contributed by atoms with E-state index >= 15 is 0 Å². The summed E-state index contributed by atoms with van der Waals surface area (Å²) in [6.07, 6.45) is 3.99. The molecule has 2 aromatic heterocycles. The molecular formula is C22H25N3O3S. The SMILES string of the molecule is CCOC(=O)c1ccccc1NC(=O)NC(C)c1c(-n2cccc2)sc(C)c1C. The second-order valence-corrected chi connectivity index (χ2v) is 7.88. The average molecular weight is 412 g/mol. The number of amides is 2. The molecule has 0 aliphatic rings. The number of esters is 1. The Morgan fingerprint density at radius 2 is 1.83 bits per heavy atom. The van der Waals surface area contributed by atoms with E-state index in [2.05, 4.69) is 29.0 Å². The fraction of sp³-hybridized carbons (Fsp3) is 0.273. The van der Waals surface area contributed by atoms with Gasteiger partial charge >= 0.3 is 12.0 Å². The quantitative estimate of drug-likeness (QED) is 0.547. The van der Waals surface area contributed by atoms with Gasteiger partial charge in [-0.05, 0) is 57.5 Å². The molecule has 3 rings (SSSR count). The van der Waals surface area contributed by atoms with E-state index in [0.29, 0.717) is 11.3 Å². The zero-order chi connectivity index (χ0) is 21.0. The molecule has 6 nitrogen and oxygen atoms in total. The maximum absolute atomic E-state index is 12.7. The number of benzene rings is 1. The lowest BCUT2D eigenvalue weighted by atomic mass is 10.1. The van der Waals surface area contributed by atoms with E-state index in [1.165, 1.54) is 10.4 Å². The van der Waals surface area contributed by atoms with Crippen LogP contribution in [-0.2, 0) is 4.74 Å². The van der Waals surface area contributed by atoms with Crippen LogP contribution in [0.25, 0.3) is 5.00 Å². The van der Waals surface area contributed by atoms with Crippen molar-refractivity contribution in [2.75, 3.05) is 11.9 Å². The van der Waals surface area contributed by atoms with Crippen molar-refractivity contribution in [1.29, 1.82) is 0 Å². The predicted molar refractivity (Wildman–Crippen MR) is 116 cm³/mol. The van der Waals surface area contributed by atoms with Crippen molar-refractivity contribution in [2.24, 2.45) is 0 Å². The normalized spacial score (nSPS) is 11.7. The van der Waals surface area contributed by atoms with Gasteiger partial charge in [0.15, 0.2) is 0 Å². The fourth-order valence-electron chi connectivity index (χ4n) is 3.20. The van der Waals surface area contributed by atoms with Gasteiger partial charge in [-0.25, -0.2) is 9.59 Å². The minimum atomic E-state index is -0.462. The number of aromatic nitrogens is 1. The van der Waals surface area contributed by atoms with Crippen molar-refractivity contribution in [3.05, 3.63) is 70.4 Å². The molecule has 7 heteroatoms. The summed E-state index contributed by atoms with van der Waals surface area (Å²) in [6, 6.07) is 10.2. The molecule has 0 bridgehead atoms. The van der Waals surface area contributed by atoms with Crippen LogP contribution in [0.1, 0.15) is 46.3 Å². The molecule has 0 saturated carbocycles. The Bertz CT molecular complexity index is 1010. The molecule has 152 valence electrons. The Hall–Kier alpha value is -3.06. The zero-order valence-corrected chi connectivity index (χ0v) is 17.8. The van der Waals surface area contributed by atoms with Gasteiger partial charge in [-0.3, -0.25) is 0 Å². The van der Waals surface area contributed by atoms with Crippen molar-refractivity contribution < 1.29 is 14.3 Å². The van der Waals surface area contributed by atoms with Gasteiger partial charge in [-0.15, -0.1) is 11.3 Å². The first-order chi connectivity index (χ1) is 13.9. The minimum Gasteiger partial charge on any atom is -0.462 e. The van der Waals surface area contributed by atoms with Crippen molar-refractivity contribution in [1.82, 2.24) is 9.88 Å². The Morgan fingerprint density at radius 1 is 1.14 bits per heavy atom. The summed E-state index contributed by atoms with van der Waals surface area (Å²) in [5, 5.41) is 6.85. The van der Waals surface area contributed by atoms with Crippen LogP contribution in [0.3, 0.4) is 0 Å². The van der Waals surface area contributed by atoms with E-state index in [4.69, 9.17) is 4.74 Å². The van der Waals surface area contributed by atoms with Crippen molar-refractivity contribution in [3.8, 4) is 5.00 Å². The summed E-state index contributed by atoms with van der Waals surface area (Å²) in [5.41, 5.74) is 2.99. The number of carbonyl (C=O) groups is 2. The minimum absolute atomic E-state index is 0.216. The van der Waals surface area contributed by atoms with Crippen LogP contribution in [0.2, 0.25) is 0 Å². The lowest BCUT2D eigenvalue weighted by Crippen LogP contribution is -2.32. The van der Waals surface area contributed by atoms with Gasteiger partial charge in [0.25, 0.3) is 0 Å². The molecular weight excluding hydrogens is 386 g/mol. The number of hydrogen-bond acceptors (Lipinski definition) is 4. The number of hydrogen-bond donors (Lipinski definition) is 2. The summed E-state index contributed by atoms with van der Waals surface area (Å²) in [6.45, 7) is 8.13. The number of rotatable bonds is 6. The largest absolute Gasteiger partial charge is 0.462 e. The molecule has 0 saturated heterocycles. The second-order valence-electron chi connectivity index (χ2n) is 6.68. The molecule has 2 amide bonds. The molecule has 1 unspecified atom stereocenters. The lowest BCUT2D eigenvalue weighted by Gasteiger charge is -2.18. The highest BCUT2D eigenvalue weighted by Gasteiger charge is 2.21. The van der Waals surface area contributed by atoms with E-state index < -0.39 is 5.97 Å². The number of thiophene rings is 1. The average Bonchev–Trinajstić information content (AvgIpc) is 3.31. The Morgan fingerprint density at radius 3 is 2.52 bits per heavy atom. The van der Waals surface area contributed by atoms with Crippen molar-refractivity contribution >= 4 is 29.0 Å². The van der Waals surface area contributed by atoms with Gasteiger partial charge in [0.05, 0.1) is 23.9 Å². The molecule has 0 radical (unpaired) electrons. The van der Waals surface area contributed by atoms with Crippen LogP contribution in [-0.4, -0.2) is 23.2 Å². The number of para-hydroxylation sites is 1. The van der Waals surface area contributed by atoms with Gasteiger partial charge in [0, 0.05) is 22.8 Å². The molecule has 2 heterocycles. The predicted octanol–water partition coefficient (Wildman–Crippen LogP) is 5.22. The zero-order valence-electron chi connectivity index (χ0n) is 17.0. The Balaban J connectivity index is 1.79. The first-order valence-corrected chi connectivity index (χ1v) is 10.3. The van der Waals surface area contributed by atoms with Crippen LogP contribution in [0.5, 0.6) is 0 Å². The number of anilines is 1. The number of ether oxygens (including phenoxy) is 1. The van der Waals surface area contributed by atoms with Gasteiger partial charge in [-0.1, -0.05) is 12.1 Å². The standard InChI is InChI=1S/C22H25N3O3S/c1-5-28-21(26)17-10-6-7-11-18(17)24-22(27)23-15(3)19-14(2)16(4)29-20(19)25-12-8-9-13-25/h6-13,15H,5H2,1-4H3,(H2,23,24,27). The van der Waals surface area contributed by atoms with Crippen molar-refractivity contribution in [2.45, 2.75) is 33.7 Å². The summed E-state index contributed by atoms with van der Waals surface area (Å²) in [4.78, 5) is 26.0.